The second-order valence-corrected chi connectivity index (χ2v) is 3.79. The lowest BCUT2D eigenvalue weighted by atomic mass is 10.7. The van der Waals surface area contributed by atoms with Crippen molar-refractivity contribution in [3.05, 3.63) is 12.7 Å². The van der Waals surface area contributed by atoms with E-state index in [1.807, 2.05) is 0 Å². The Balaban J connectivity index is 1.96. The zero-order chi connectivity index (χ0) is 11.7. The summed E-state index contributed by atoms with van der Waals surface area (Å²) >= 11 is 0. The molecule has 2 N–H and O–H groups in total. The van der Waals surface area contributed by atoms with Crippen LogP contribution in [0.25, 0.3) is 5.95 Å². The number of rotatable bonds is 4. The molecule has 1 saturated carbocycles. The Bertz CT molecular complexity index is 504. The third-order valence-electron chi connectivity index (χ3n) is 2.38. The first-order valence-corrected chi connectivity index (χ1v) is 5.40. The zero-order valence-corrected chi connectivity index (χ0v) is 9.33. The highest BCUT2D eigenvalue weighted by atomic mass is 15.4. The Kier molecular flexibility index (Phi) is 2.32. The van der Waals surface area contributed by atoms with Gasteiger partial charge in [0.1, 0.15) is 12.7 Å². The van der Waals surface area contributed by atoms with Crippen molar-refractivity contribution >= 4 is 11.9 Å². The highest BCUT2D eigenvalue weighted by molar-refractivity contribution is 5.38. The van der Waals surface area contributed by atoms with E-state index < -0.39 is 0 Å². The Morgan fingerprint density at radius 3 is 2.71 bits per heavy atom. The lowest BCUT2D eigenvalue weighted by Gasteiger charge is -2.07. The van der Waals surface area contributed by atoms with Gasteiger partial charge in [-0.2, -0.15) is 24.7 Å². The molecule has 1 fully saturated rings. The zero-order valence-electron chi connectivity index (χ0n) is 9.33. The van der Waals surface area contributed by atoms with Crippen LogP contribution >= 0.6 is 0 Å². The molecule has 1 aliphatic carbocycles. The van der Waals surface area contributed by atoms with Crippen molar-refractivity contribution in [3.8, 4) is 5.95 Å². The molecule has 0 unspecified atom stereocenters. The van der Waals surface area contributed by atoms with Gasteiger partial charge in [-0.15, -0.1) is 0 Å². The van der Waals surface area contributed by atoms with E-state index in [1.165, 1.54) is 23.9 Å². The van der Waals surface area contributed by atoms with Gasteiger partial charge in [0.25, 0.3) is 5.95 Å². The van der Waals surface area contributed by atoms with Gasteiger partial charge < -0.3 is 10.6 Å². The minimum absolute atomic E-state index is 0.449. The fourth-order valence-corrected chi connectivity index (χ4v) is 1.37. The molecule has 3 rings (SSSR count). The molecule has 2 heterocycles. The first-order valence-electron chi connectivity index (χ1n) is 5.40. The largest absolute Gasteiger partial charge is 0.357 e. The standard InChI is InChI=1S/C9H12N8/c1-10-7-14-8(13-6-2-3-6)16-9(15-7)17-5-11-4-12-17/h4-6H,2-3H2,1H3,(H2,10,13,14,15,16). The molecule has 8 heteroatoms. The van der Waals surface area contributed by atoms with Crippen LogP contribution in [0.15, 0.2) is 12.7 Å². The van der Waals surface area contributed by atoms with E-state index in [9.17, 15) is 0 Å². The summed E-state index contributed by atoms with van der Waals surface area (Å²) in [4.78, 5) is 16.6. The molecule has 0 aliphatic heterocycles. The average Bonchev–Trinajstić information content (AvgIpc) is 2.99. The monoisotopic (exact) mass is 232 g/mol. The van der Waals surface area contributed by atoms with Crippen LogP contribution in [-0.4, -0.2) is 42.8 Å². The fourth-order valence-electron chi connectivity index (χ4n) is 1.37. The number of nitrogens with one attached hydrogen (secondary N) is 2. The number of aromatic nitrogens is 6. The topological polar surface area (TPSA) is 93.4 Å². The molecular formula is C9H12N8. The van der Waals surface area contributed by atoms with Crippen molar-refractivity contribution in [1.82, 2.24) is 29.7 Å². The van der Waals surface area contributed by atoms with Crippen molar-refractivity contribution in [3.63, 3.8) is 0 Å². The molecule has 17 heavy (non-hydrogen) atoms. The Labute approximate surface area is 97.5 Å². The molecule has 0 amide bonds. The second-order valence-electron chi connectivity index (χ2n) is 3.79. The van der Waals surface area contributed by atoms with Gasteiger partial charge in [0, 0.05) is 13.1 Å². The normalized spacial score (nSPS) is 14.6. The molecule has 0 atom stereocenters. The fraction of sp³-hybridized carbons (Fsp3) is 0.444. The second kappa shape index (κ2) is 3.96. The summed E-state index contributed by atoms with van der Waals surface area (Å²) in [5.74, 6) is 1.52. The summed E-state index contributed by atoms with van der Waals surface area (Å²) in [6.45, 7) is 0. The van der Waals surface area contributed by atoms with Crippen LogP contribution in [0.2, 0.25) is 0 Å². The summed E-state index contributed by atoms with van der Waals surface area (Å²) < 4.78 is 1.50. The third-order valence-corrected chi connectivity index (χ3v) is 2.38. The smallest absolute Gasteiger partial charge is 0.258 e. The van der Waals surface area contributed by atoms with E-state index in [-0.39, 0.29) is 0 Å². The first kappa shape index (κ1) is 9.94. The van der Waals surface area contributed by atoms with Gasteiger partial charge in [-0.05, 0) is 12.8 Å². The van der Waals surface area contributed by atoms with Crippen molar-refractivity contribution < 1.29 is 0 Å². The summed E-state index contributed by atoms with van der Waals surface area (Å²) in [6, 6.07) is 0.491. The number of hydrogen-bond acceptors (Lipinski definition) is 7. The van der Waals surface area contributed by atoms with E-state index in [4.69, 9.17) is 0 Å². The molecule has 88 valence electrons. The number of nitrogens with zero attached hydrogens (tertiary/aromatic N) is 6. The molecule has 8 nitrogen and oxygen atoms in total. The van der Waals surface area contributed by atoms with Crippen LogP contribution in [0.5, 0.6) is 0 Å². The summed E-state index contributed by atoms with van der Waals surface area (Å²) in [5, 5.41) is 10.1. The van der Waals surface area contributed by atoms with Crippen LogP contribution in [-0.2, 0) is 0 Å². The highest BCUT2D eigenvalue weighted by Crippen LogP contribution is 2.23. The van der Waals surface area contributed by atoms with Crippen molar-refractivity contribution in [2.24, 2.45) is 0 Å². The van der Waals surface area contributed by atoms with Gasteiger partial charge >= 0.3 is 0 Å². The maximum atomic E-state index is 4.29. The van der Waals surface area contributed by atoms with Crippen LogP contribution in [0.3, 0.4) is 0 Å². The molecule has 2 aromatic rings. The van der Waals surface area contributed by atoms with Gasteiger partial charge in [0.2, 0.25) is 11.9 Å². The quantitative estimate of drug-likeness (QED) is 0.770. The molecule has 1 aliphatic rings. The van der Waals surface area contributed by atoms with E-state index in [1.54, 1.807) is 13.4 Å². The molecule has 0 bridgehead atoms. The predicted octanol–water partition coefficient (Wildman–Crippen LogP) is 0.0683. The predicted molar refractivity (Wildman–Crippen MR) is 60.9 cm³/mol. The highest BCUT2D eigenvalue weighted by Gasteiger charge is 2.22. The third kappa shape index (κ3) is 2.14. The minimum atomic E-state index is 0.449. The van der Waals surface area contributed by atoms with Gasteiger partial charge in [-0.1, -0.05) is 0 Å². The SMILES string of the molecule is CNc1nc(NC2CC2)nc(-n2cncn2)n1. The van der Waals surface area contributed by atoms with Crippen LogP contribution in [0.4, 0.5) is 11.9 Å². The molecule has 0 saturated heterocycles. The Morgan fingerprint density at radius 1 is 1.24 bits per heavy atom. The van der Waals surface area contributed by atoms with Crippen LogP contribution in [0.1, 0.15) is 12.8 Å². The van der Waals surface area contributed by atoms with Gasteiger partial charge in [-0.25, -0.2) is 4.98 Å². The Hall–Kier alpha value is -2.25. The van der Waals surface area contributed by atoms with E-state index in [0.717, 1.165) is 0 Å². The molecular weight excluding hydrogens is 220 g/mol. The van der Waals surface area contributed by atoms with Gasteiger partial charge in [-0.3, -0.25) is 0 Å². The van der Waals surface area contributed by atoms with E-state index in [0.29, 0.717) is 23.9 Å². The van der Waals surface area contributed by atoms with Crippen molar-refractivity contribution in [1.29, 1.82) is 0 Å². The lowest BCUT2D eigenvalue weighted by Crippen LogP contribution is -2.12. The maximum Gasteiger partial charge on any atom is 0.258 e. The molecule has 0 aromatic carbocycles. The van der Waals surface area contributed by atoms with E-state index >= 15 is 0 Å². The average molecular weight is 232 g/mol. The van der Waals surface area contributed by atoms with E-state index in [2.05, 4.69) is 35.7 Å². The summed E-state index contributed by atoms with van der Waals surface area (Å²) in [5.41, 5.74) is 0. The molecule has 2 aromatic heterocycles. The number of anilines is 2. The van der Waals surface area contributed by atoms with Crippen LogP contribution in [0, 0.1) is 0 Å². The molecule has 0 spiro atoms. The summed E-state index contributed by atoms with van der Waals surface area (Å²) in [6.07, 6.45) is 5.32. The van der Waals surface area contributed by atoms with Gasteiger partial charge in [0.05, 0.1) is 0 Å². The van der Waals surface area contributed by atoms with Crippen LogP contribution < -0.4 is 10.6 Å². The first-order chi connectivity index (χ1) is 8.35. The van der Waals surface area contributed by atoms with Crippen molar-refractivity contribution in [2.75, 3.05) is 17.7 Å². The lowest BCUT2D eigenvalue weighted by molar-refractivity contribution is 0.795. The molecule has 0 radical (unpaired) electrons. The minimum Gasteiger partial charge on any atom is -0.357 e. The number of hydrogen-bond donors (Lipinski definition) is 2. The summed E-state index contributed by atoms with van der Waals surface area (Å²) in [7, 11) is 1.77. The maximum absolute atomic E-state index is 4.29. The van der Waals surface area contributed by atoms with Crippen molar-refractivity contribution in [2.45, 2.75) is 18.9 Å². The Morgan fingerprint density at radius 2 is 2.06 bits per heavy atom. The van der Waals surface area contributed by atoms with Gasteiger partial charge in [0.15, 0.2) is 0 Å².